The topological polar surface area (TPSA) is 25.0 Å². The molecule has 0 radical (unpaired) electrons. The maximum atomic E-state index is 5.81. The summed E-state index contributed by atoms with van der Waals surface area (Å²) in [6.07, 6.45) is 5.33. The normalized spacial score (nSPS) is 10.8. The molecule has 3 rings (SSSR count). The fourth-order valence-corrected chi connectivity index (χ4v) is 2.39. The van der Waals surface area contributed by atoms with Gasteiger partial charge in [-0.05, 0) is 49.1 Å². The summed E-state index contributed by atoms with van der Waals surface area (Å²) in [5.41, 5.74) is 2.56. The maximum Gasteiger partial charge on any atom is 0.120 e. The van der Waals surface area contributed by atoms with Gasteiger partial charge in [0.05, 0.1) is 6.61 Å². The molecule has 20 heavy (non-hydrogen) atoms. The first kappa shape index (κ1) is 12.8. The number of rotatable bonds is 6. The van der Waals surface area contributed by atoms with E-state index in [0.717, 1.165) is 37.1 Å². The van der Waals surface area contributed by atoms with E-state index in [-0.39, 0.29) is 0 Å². The molecule has 0 amide bonds. The summed E-state index contributed by atoms with van der Waals surface area (Å²) in [5, 5.41) is 1.20. The number of H-pyrrole nitrogens is 1. The molecule has 0 saturated heterocycles. The first-order valence-electron chi connectivity index (χ1n) is 7.16. The minimum absolute atomic E-state index is 0.781. The fourth-order valence-electron chi connectivity index (χ4n) is 2.39. The van der Waals surface area contributed by atoms with Gasteiger partial charge in [0.2, 0.25) is 0 Å². The van der Waals surface area contributed by atoms with Crippen LogP contribution in [-0.2, 0) is 6.42 Å². The lowest BCUT2D eigenvalue weighted by atomic mass is 10.1. The Morgan fingerprint density at radius 2 is 1.80 bits per heavy atom. The second-order valence-electron chi connectivity index (χ2n) is 5.02. The third kappa shape index (κ3) is 3.21. The number of hydrogen-bond acceptors (Lipinski definition) is 1. The summed E-state index contributed by atoms with van der Waals surface area (Å²) >= 11 is 0. The average molecular weight is 265 g/mol. The Morgan fingerprint density at radius 3 is 2.70 bits per heavy atom. The van der Waals surface area contributed by atoms with Gasteiger partial charge in [-0.25, -0.2) is 0 Å². The van der Waals surface area contributed by atoms with Gasteiger partial charge in [0.25, 0.3) is 0 Å². The van der Waals surface area contributed by atoms with Crippen LogP contribution >= 0.6 is 0 Å². The first-order chi connectivity index (χ1) is 9.92. The molecule has 2 heteroatoms. The third-order valence-electron chi connectivity index (χ3n) is 3.50. The molecular weight excluding hydrogens is 246 g/mol. The Labute approximate surface area is 119 Å². The molecule has 2 nitrogen and oxygen atoms in total. The van der Waals surface area contributed by atoms with Crippen LogP contribution in [0.25, 0.3) is 10.9 Å². The second-order valence-corrected chi connectivity index (χ2v) is 5.02. The largest absolute Gasteiger partial charge is 0.494 e. The van der Waals surface area contributed by atoms with Gasteiger partial charge in [-0.3, -0.25) is 0 Å². The summed E-state index contributed by atoms with van der Waals surface area (Å²) in [6, 6.07) is 18.9. The van der Waals surface area contributed by atoms with Crippen LogP contribution in [0.1, 0.15) is 18.4 Å². The van der Waals surface area contributed by atoms with Crippen molar-refractivity contribution in [3.63, 3.8) is 0 Å². The first-order valence-corrected chi connectivity index (χ1v) is 7.16. The van der Waals surface area contributed by atoms with Crippen LogP contribution in [0.3, 0.4) is 0 Å². The third-order valence-corrected chi connectivity index (χ3v) is 3.50. The zero-order chi connectivity index (χ0) is 13.6. The summed E-state index contributed by atoms with van der Waals surface area (Å²) < 4.78 is 5.81. The molecule has 1 aromatic heterocycles. The van der Waals surface area contributed by atoms with Crippen molar-refractivity contribution in [1.29, 1.82) is 0 Å². The van der Waals surface area contributed by atoms with E-state index in [1.807, 2.05) is 12.3 Å². The molecule has 3 aromatic rings. The maximum absolute atomic E-state index is 5.81. The van der Waals surface area contributed by atoms with Crippen LogP contribution in [0, 0.1) is 0 Å². The molecule has 0 aliphatic rings. The Hall–Kier alpha value is -2.22. The number of ether oxygens (including phenoxy) is 1. The Bertz CT molecular complexity index is 657. The van der Waals surface area contributed by atoms with E-state index in [2.05, 4.69) is 53.5 Å². The minimum Gasteiger partial charge on any atom is -0.494 e. The molecule has 2 aromatic carbocycles. The molecular formula is C18H19NO. The SMILES string of the molecule is c1ccc(CCCCOc2ccc3[nH]ccc3c2)cc1. The van der Waals surface area contributed by atoms with E-state index in [0.29, 0.717) is 0 Å². The average Bonchev–Trinajstić information content (AvgIpc) is 2.95. The van der Waals surface area contributed by atoms with Gasteiger partial charge in [-0.15, -0.1) is 0 Å². The van der Waals surface area contributed by atoms with Crippen molar-refractivity contribution in [2.75, 3.05) is 6.61 Å². The lowest BCUT2D eigenvalue weighted by Crippen LogP contribution is -1.98. The molecule has 0 saturated carbocycles. The number of benzene rings is 2. The molecule has 0 spiro atoms. The predicted molar refractivity (Wildman–Crippen MR) is 83.2 cm³/mol. The number of unbranched alkanes of at least 4 members (excludes halogenated alkanes) is 1. The standard InChI is InChI=1S/C18H19NO/c1-2-6-15(7-3-1)8-4-5-13-20-17-9-10-18-16(14-17)11-12-19-18/h1-3,6-7,9-12,14,19H,4-5,8,13H2. The highest BCUT2D eigenvalue weighted by Crippen LogP contribution is 2.19. The van der Waals surface area contributed by atoms with Crippen molar-refractivity contribution in [2.45, 2.75) is 19.3 Å². The van der Waals surface area contributed by atoms with Crippen LogP contribution in [0.15, 0.2) is 60.8 Å². The van der Waals surface area contributed by atoms with Crippen LogP contribution in [0.5, 0.6) is 5.75 Å². The van der Waals surface area contributed by atoms with Gasteiger partial charge in [-0.2, -0.15) is 0 Å². The van der Waals surface area contributed by atoms with Crippen LogP contribution in [-0.4, -0.2) is 11.6 Å². The lowest BCUT2D eigenvalue weighted by molar-refractivity contribution is 0.307. The van der Waals surface area contributed by atoms with Crippen molar-refractivity contribution in [1.82, 2.24) is 4.98 Å². The van der Waals surface area contributed by atoms with E-state index in [9.17, 15) is 0 Å². The number of nitrogens with one attached hydrogen (secondary N) is 1. The van der Waals surface area contributed by atoms with E-state index in [1.165, 1.54) is 10.9 Å². The van der Waals surface area contributed by atoms with Crippen molar-refractivity contribution < 1.29 is 4.74 Å². The molecule has 1 N–H and O–H groups in total. The molecule has 0 aliphatic carbocycles. The zero-order valence-corrected chi connectivity index (χ0v) is 11.5. The van der Waals surface area contributed by atoms with Gasteiger partial charge in [0, 0.05) is 17.1 Å². The van der Waals surface area contributed by atoms with Gasteiger partial charge in [-0.1, -0.05) is 30.3 Å². The highest BCUT2D eigenvalue weighted by molar-refractivity contribution is 5.80. The van der Waals surface area contributed by atoms with E-state index >= 15 is 0 Å². The number of aromatic amines is 1. The summed E-state index contributed by atoms with van der Waals surface area (Å²) in [6.45, 7) is 0.781. The van der Waals surface area contributed by atoms with E-state index < -0.39 is 0 Å². The van der Waals surface area contributed by atoms with Crippen LogP contribution in [0.4, 0.5) is 0 Å². The molecule has 102 valence electrons. The fraction of sp³-hybridized carbons (Fsp3) is 0.222. The van der Waals surface area contributed by atoms with Crippen LogP contribution < -0.4 is 4.74 Å². The van der Waals surface area contributed by atoms with Crippen molar-refractivity contribution in [3.8, 4) is 5.75 Å². The van der Waals surface area contributed by atoms with Crippen molar-refractivity contribution >= 4 is 10.9 Å². The van der Waals surface area contributed by atoms with Gasteiger partial charge in [0.1, 0.15) is 5.75 Å². The number of aromatic nitrogens is 1. The van der Waals surface area contributed by atoms with Crippen molar-refractivity contribution in [2.24, 2.45) is 0 Å². The number of fused-ring (bicyclic) bond motifs is 1. The summed E-state index contributed by atoms with van der Waals surface area (Å²) in [5.74, 6) is 0.955. The molecule has 0 unspecified atom stereocenters. The minimum atomic E-state index is 0.781. The number of aryl methyl sites for hydroxylation is 1. The monoisotopic (exact) mass is 265 g/mol. The molecule has 1 heterocycles. The highest BCUT2D eigenvalue weighted by atomic mass is 16.5. The molecule has 0 bridgehead atoms. The van der Waals surface area contributed by atoms with E-state index in [4.69, 9.17) is 4.74 Å². The Morgan fingerprint density at radius 1 is 0.900 bits per heavy atom. The lowest BCUT2D eigenvalue weighted by Gasteiger charge is -2.06. The van der Waals surface area contributed by atoms with Gasteiger partial charge in [0.15, 0.2) is 0 Å². The summed E-state index contributed by atoms with van der Waals surface area (Å²) in [4.78, 5) is 3.19. The molecule has 0 aliphatic heterocycles. The smallest absolute Gasteiger partial charge is 0.120 e. The Balaban J connectivity index is 1.43. The van der Waals surface area contributed by atoms with Crippen LogP contribution in [0.2, 0.25) is 0 Å². The zero-order valence-electron chi connectivity index (χ0n) is 11.5. The molecule has 0 fully saturated rings. The number of hydrogen-bond donors (Lipinski definition) is 1. The van der Waals surface area contributed by atoms with Crippen molar-refractivity contribution in [3.05, 3.63) is 66.4 Å². The second kappa shape index (κ2) is 6.29. The predicted octanol–water partition coefficient (Wildman–Crippen LogP) is 4.57. The Kier molecular flexibility index (Phi) is 4.02. The molecule has 0 atom stereocenters. The quantitative estimate of drug-likeness (QED) is 0.649. The highest BCUT2D eigenvalue weighted by Gasteiger charge is 1.98. The summed E-state index contributed by atoms with van der Waals surface area (Å²) in [7, 11) is 0. The van der Waals surface area contributed by atoms with Gasteiger partial charge >= 0.3 is 0 Å². The van der Waals surface area contributed by atoms with E-state index in [1.54, 1.807) is 0 Å². The van der Waals surface area contributed by atoms with Gasteiger partial charge < -0.3 is 9.72 Å².